The van der Waals surface area contributed by atoms with Crippen molar-refractivity contribution in [1.82, 2.24) is 9.97 Å². The van der Waals surface area contributed by atoms with Crippen LogP contribution in [0.3, 0.4) is 0 Å². The highest BCUT2D eigenvalue weighted by Gasteiger charge is 2.16. The van der Waals surface area contributed by atoms with E-state index in [1.54, 1.807) is 37.3 Å². The zero-order chi connectivity index (χ0) is 18.9. The number of unbranched alkanes of at least 4 members (excludes halogenated alkanes) is 1. The number of carbonyl (C=O) groups excluding carboxylic acids is 2. The molecule has 0 fully saturated rings. The first-order valence-electron chi connectivity index (χ1n) is 8.67. The van der Waals surface area contributed by atoms with Crippen molar-refractivity contribution in [2.75, 3.05) is 30.4 Å². The number of ether oxygens (including phenoxy) is 1. The number of hydrogen-bond acceptors (Lipinski definition) is 6. The fraction of sp³-hybridized carbons (Fsp3) is 0.368. The summed E-state index contributed by atoms with van der Waals surface area (Å²) < 4.78 is 5.02. The van der Waals surface area contributed by atoms with Gasteiger partial charge in [-0.3, -0.25) is 4.79 Å². The summed E-state index contributed by atoms with van der Waals surface area (Å²) in [5, 5.41) is 2.73. The van der Waals surface area contributed by atoms with Gasteiger partial charge in [0.15, 0.2) is 0 Å². The van der Waals surface area contributed by atoms with Crippen molar-refractivity contribution in [3.8, 4) is 0 Å². The van der Waals surface area contributed by atoms with E-state index < -0.39 is 11.9 Å². The molecule has 1 aromatic carbocycles. The molecule has 0 aliphatic heterocycles. The van der Waals surface area contributed by atoms with Crippen LogP contribution in [0, 0.1) is 0 Å². The van der Waals surface area contributed by atoms with Crippen LogP contribution >= 0.6 is 0 Å². The van der Waals surface area contributed by atoms with Crippen LogP contribution in [0.2, 0.25) is 0 Å². The standard InChI is InChI=1S/C19H24N4O3/c1-4-6-11-23(3)17-12-16(20-13-21-17)18(24)22-15-10-8-7-9-14(15)19(25)26-5-2/h7-10,12-13H,4-6,11H2,1-3H3,(H,22,24). The van der Waals surface area contributed by atoms with Gasteiger partial charge in [0.1, 0.15) is 17.8 Å². The second kappa shape index (κ2) is 9.50. The minimum absolute atomic E-state index is 0.233. The maximum Gasteiger partial charge on any atom is 0.340 e. The summed E-state index contributed by atoms with van der Waals surface area (Å²) in [6.45, 7) is 4.96. The number of benzene rings is 1. The number of anilines is 2. The lowest BCUT2D eigenvalue weighted by atomic mass is 10.1. The SMILES string of the molecule is CCCCN(C)c1cc(C(=O)Nc2ccccc2C(=O)OCC)ncn1. The van der Waals surface area contributed by atoms with Gasteiger partial charge in [0.2, 0.25) is 0 Å². The molecule has 0 aliphatic carbocycles. The largest absolute Gasteiger partial charge is 0.462 e. The number of hydrogen-bond donors (Lipinski definition) is 1. The molecule has 0 unspecified atom stereocenters. The minimum atomic E-state index is -0.480. The van der Waals surface area contributed by atoms with Crippen molar-refractivity contribution in [1.29, 1.82) is 0 Å². The van der Waals surface area contributed by atoms with Crippen LogP contribution < -0.4 is 10.2 Å². The Morgan fingerprint density at radius 3 is 2.69 bits per heavy atom. The van der Waals surface area contributed by atoms with Gasteiger partial charge >= 0.3 is 5.97 Å². The van der Waals surface area contributed by atoms with E-state index in [1.807, 2.05) is 11.9 Å². The van der Waals surface area contributed by atoms with Gasteiger partial charge in [0.25, 0.3) is 5.91 Å². The highest BCUT2D eigenvalue weighted by molar-refractivity contribution is 6.07. The first kappa shape index (κ1) is 19.4. The van der Waals surface area contributed by atoms with E-state index in [1.165, 1.54) is 6.33 Å². The van der Waals surface area contributed by atoms with Gasteiger partial charge in [-0.25, -0.2) is 14.8 Å². The molecule has 7 nitrogen and oxygen atoms in total. The molecule has 2 rings (SSSR count). The van der Waals surface area contributed by atoms with Gasteiger partial charge in [-0.05, 0) is 25.5 Å². The molecule has 1 amide bonds. The Morgan fingerprint density at radius 2 is 1.96 bits per heavy atom. The number of carbonyl (C=O) groups is 2. The first-order valence-corrected chi connectivity index (χ1v) is 8.67. The number of amides is 1. The summed E-state index contributed by atoms with van der Waals surface area (Å²) in [5.74, 6) is -0.211. The van der Waals surface area contributed by atoms with Crippen molar-refractivity contribution in [3.05, 3.63) is 47.9 Å². The fourth-order valence-electron chi connectivity index (χ4n) is 2.36. The lowest BCUT2D eigenvalue weighted by Crippen LogP contribution is -2.22. The third-order valence-electron chi connectivity index (χ3n) is 3.79. The smallest absolute Gasteiger partial charge is 0.340 e. The zero-order valence-corrected chi connectivity index (χ0v) is 15.4. The van der Waals surface area contributed by atoms with E-state index in [0.717, 1.165) is 19.4 Å². The topological polar surface area (TPSA) is 84.4 Å². The Labute approximate surface area is 153 Å². The first-order chi connectivity index (χ1) is 12.6. The normalized spacial score (nSPS) is 10.3. The van der Waals surface area contributed by atoms with Crippen LogP contribution in [-0.4, -0.2) is 42.0 Å². The van der Waals surface area contributed by atoms with Gasteiger partial charge in [0, 0.05) is 19.7 Å². The van der Waals surface area contributed by atoms with Crippen molar-refractivity contribution in [2.24, 2.45) is 0 Å². The molecule has 26 heavy (non-hydrogen) atoms. The number of nitrogens with one attached hydrogen (secondary N) is 1. The molecule has 1 aromatic heterocycles. The minimum Gasteiger partial charge on any atom is -0.462 e. The molecule has 1 N–H and O–H groups in total. The molecule has 0 saturated heterocycles. The fourth-order valence-corrected chi connectivity index (χ4v) is 2.36. The Bertz CT molecular complexity index is 764. The summed E-state index contributed by atoms with van der Waals surface area (Å²) >= 11 is 0. The molecule has 0 saturated carbocycles. The van der Waals surface area contributed by atoms with E-state index in [2.05, 4.69) is 22.2 Å². The summed E-state index contributed by atoms with van der Waals surface area (Å²) in [6, 6.07) is 8.35. The summed E-state index contributed by atoms with van der Waals surface area (Å²) in [4.78, 5) is 34.8. The Morgan fingerprint density at radius 1 is 1.19 bits per heavy atom. The highest BCUT2D eigenvalue weighted by atomic mass is 16.5. The van der Waals surface area contributed by atoms with E-state index in [-0.39, 0.29) is 12.3 Å². The highest BCUT2D eigenvalue weighted by Crippen LogP contribution is 2.18. The number of para-hydroxylation sites is 1. The second-order valence-corrected chi connectivity index (χ2v) is 5.76. The van der Waals surface area contributed by atoms with Gasteiger partial charge in [-0.15, -0.1) is 0 Å². The molecule has 0 radical (unpaired) electrons. The van der Waals surface area contributed by atoms with Crippen molar-refractivity contribution >= 4 is 23.4 Å². The monoisotopic (exact) mass is 356 g/mol. The predicted molar refractivity (Wildman–Crippen MR) is 101 cm³/mol. The number of rotatable bonds is 8. The zero-order valence-electron chi connectivity index (χ0n) is 15.4. The van der Waals surface area contributed by atoms with Crippen LogP contribution in [0.25, 0.3) is 0 Å². The molecule has 0 aliphatic rings. The molecular weight excluding hydrogens is 332 g/mol. The number of aromatic nitrogens is 2. The van der Waals surface area contributed by atoms with Crippen LogP contribution in [0.4, 0.5) is 11.5 Å². The van der Waals surface area contributed by atoms with Crippen LogP contribution in [0.1, 0.15) is 47.5 Å². The summed E-state index contributed by atoms with van der Waals surface area (Å²) in [7, 11) is 1.93. The van der Waals surface area contributed by atoms with Gasteiger partial charge in [-0.1, -0.05) is 25.5 Å². The lowest BCUT2D eigenvalue weighted by Gasteiger charge is -2.17. The van der Waals surface area contributed by atoms with Crippen LogP contribution in [0.5, 0.6) is 0 Å². The van der Waals surface area contributed by atoms with Crippen LogP contribution in [0.15, 0.2) is 36.7 Å². The summed E-state index contributed by atoms with van der Waals surface area (Å²) in [5.41, 5.74) is 0.921. The van der Waals surface area contributed by atoms with Gasteiger partial charge in [0.05, 0.1) is 17.9 Å². The average Bonchev–Trinajstić information content (AvgIpc) is 2.66. The third kappa shape index (κ3) is 5.02. The average molecular weight is 356 g/mol. The third-order valence-corrected chi connectivity index (χ3v) is 3.79. The number of esters is 1. The van der Waals surface area contributed by atoms with E-state index in [4.69, 9.17) is 4.74 Å². The Hall–Kier alpha value is -2.96. The quantitative estimate of drug-likeness (QED) is 0.732. The maximum absolute atomic E-state index is 12.6. The van der Waals surface area contributed by atoms with Gasteiger partial charge in [-0.2, -0.15) is 0 Å². The van der Waals surface area contributed by atoms with E-state index >= 15 is 0 Å². The Kier molecular flexibility index (Phi) is 7.08. The van der Waals surface area contributed by atoms with Crippen molar-refractivity contribution in [3.63, 3.8) is 0 Å². The molecule has 7 heteroatoms. The molecule has 2 aromatic rings. The van der Waals surface area contributed by atoms with E-state index in [0.29, 0.717) is 17.1 Å². The van der Waals surface area contributed by atoms with Crippen LogP contribution in [-0.2, 0) is 4.74 Å². The predicted octanol–water partition coefficient (Wildman–Crippen LogP) is 3.14. The molecule has 0 bridgehead atoms. The second-order valence-electron chi connectivity index (χ2n) is 5.76. The lowest BCUT2D eigenvalue weighted by molar-refractivity contribution is 0.0527. The summed E-state index contributed by atoms with van der Waals surface area (Å²) in [6.07, 6.45) is 3.48. The van der Waals surface area contributed by atoms with E-state index in [9.17, 15) is 9.59 Å². The molecule has 138 valence electrons. The molecular formula is C19H24N4O3. The number of nitrogens with zero attached hydrogens (tertiary/aromatic N) is 3. The molecule has 1 heterocycles. The van der Waals surface area contributed by atoms with Gasteiger partial charge < -0.3 is 15.0 Å². The molecule has 0 spiro atoms. The molecule has 0 atom stereocenters. The van der Waals surface area contributed by atoms with Crippen molar-refractivity contribution in [2.45, 2.75) is 26.7 Å². The maximum atomic E-state index is 12.6. The Balaban J connectivity index is 2.17. The van der Waals surface area contributed by atoms with Crippen molar-refractivity contribution < 1.29 is 14.3 Å².